The molecule has 0 aromatic heterocycles. The lowest BCUT2D eigenvalue weighted by Crippen LogP contribution is -2.18. The molecule has 1 atom stereocenters. The van der Waals surface area contributed by atoms with Gasteiger partial charge < -0.3 is 9.84 Å². The Hall–Kier alpha value is -1.58. The fourth-order valence-electron chi connectivity index (χ4n) is 5.15. The molecule has 0 spiro atoms. The van der Waals surface area contributed by atoms with Gasteiger partial charge in [0, 0.05) is 12.8 Å². The molecule has 40 heavy (non-hydrogen) atoms. The Bertz CT molecular complexity index is 610. The molecule has 0 rings (SSSR count). The van der Waals surface area contributed by atoms with Crippen molar-refractivity contribution < 1.29 is 19.4 Å². The first kappa shape index (κ1) is 38.4. The Kier molecular flexibility index (Phi) is 30.7. The van der Waals surface area contributed by atoms with Gasteiger partial charge in [-0.05, 0) is 64.2 Å². The highest BCUT2D eigenvalue weighted by atomic mass is 16.5. The van der Waals surface area contributed by atoms with Gasteiger partial charge in [-0.3, -0.25) is 9.59 Å². The number of carboxylic acid groups (broad SMARTS) is 1. The van der Waals surface area contributed by atoms with Crippen LogP contribution in [0.1, 0.15) is 187 Å². The van der Waals surface area contributed by atoms with Gasteiger partial charge in [0.1, 0.15) is 6.10 Å². The van der Waals surface area contributed by atoms with E-state index in [-0.39, 0.29) is 12.1 Å². The van der Waals surface area contributed by atoms with Crippen LogP contribution in [-0.2, 0) is 14.3 Å². The number of aliphatic carboxylic acids is 1. The van der Waals surface area contributed by atoms with Gasteiger partial charge in [0.2, 0.25) is 0 Å². The van der Waals surface area contributed by atoms with E-state index < -0.39 is 5.97 Å². The SMILES string of the molecule is CCCCC/C=C\C/C=C\CCCCCCCC(=O)OC(CCC)CCCCCCCCCCCCCC(=O)O. The molecule has 0 aromatic carbocycles. The Morgan fingerprint density at radius 2 is 1.02 bits per heavy atom. The molecule has 4 nitrogen and oxygen atoms in total. The summed E-state index contributed by atoms with van der Waals surface area (Å²) in [6, 6.07) is 0. The normalized spacial score (nSPS) is 12.4. The van der Waals surface area contributed by atoms with Crippen molar-refractivity contribution in [2.75, 3.05) is 0 Å². The smallest absolute Gasteiger partial charge is 0.306 e. The monoisotopic (exact) mass is 562 g/mol. The maximum atomic E-state index is 12.3. The van der Waals surface area contributed by atoms with E-state index in [0.717, 1.165) is 57.8 Å². The number of unbranched alkanes of at least 4 members (excludes halogenated alkanes) is 18. The number of hydrogen-bond donors (Lipinski definition) is 1. The first-order chi connectivity index (χ1) is 19.6. The van der Waals surface area contributed by atoms with Crippen LogP contribution in [-0.4, -0.2) is 23.1 Å². The van der Waals surface area contributed by atoms with Crippen molar-refractivity contribution in [1.29, 1.82) is 0 Å². The molecule has 1 N–H and O–H groups in total. The molecule has 1 unspecified atom stereocenters. The Balaban J connectivity index is 3.60. The largest absolute Gasteiger partial charge is 0.481 e. The Morgan fingerprint density at radius 3 is 1.55 bits per heavy atom. The van der Waals surface area contributed by atoms with E-state index in [2.05, 4.69) is 38.2 Å². The van der Waals surface area contributed by atoms with Crippen molar-refractivity contribution in [3.8, 4) is 0 Å². The molecular formula is C36H66O4. The fraction of sp³-hybridized carbons (Fsp3) is 0.833. The summed E-state index contributed by atoms with van der Waals surface area (Å²) in [4.78, 5) is 22.8. The number of carboxylic acids is 1. The average Bonchev–Trinajstić information content (AvgIpc) is 2.93. The Morgan fingerprint density at radius 1 is 0.550 bits per heavy atom. The van der Waals surface area contributed by atoms with Gasteiger partial charge in [-0.15, -0.1) is 0 Å². The summed E-state index contributed by atoms with van der Waals surface area (Å²) in [5, 5.41) is 8.65. The quantitative estimate of drug-likeness (QED) is 0.0518. The summed E-state index contributed by atoms with van der Waals surface area (Å²) in [5.74, 6) is -0.668. The van der Waals surface area contributed by atoms with Crippen LogP contribution in [0.3, 0.4) is 0 Å². The van der Waals surface area contributed by atoms with E-state index >= 15 is 0 Å². The molecule has 0 bridgehead atoms. The number of rotatable bonds is 31. The first-order valence-corrected chi connectivity index (χ1v) is 17.3. The minimum atomic E-state index is -0.674. The van der Waals surface area contributed by atoms with Crippen LogP contribution in [0.5, 0.6) is 0 Å². The lowest BCUT2D eigenvalue weighted by molar-refractivity contribution is -0.150. The molecule has 0 radical (unpaired) electrons. The maximum absolute atomic E-state index is 12.3. The van der Waals surface area contributed by atoms with E-state index in [0.29, 0.717) is 12.8 Å². The van der Waals surface area contributed by atoms with Crippen molar-refractivity contribution in [3.63, 3.8) is 0 Å². The van der Waals surface area contributed by atoms with E-state index in [9.17, 15) is 9.59 Å². The minimum Gasteiger partial charge on any atom is -0.481 e. The van der Waals surface area contributed by atoms with Crippen LogP contribution in [0, 0.1) is 0 Å². The molecule has 0 saturated heterocycles. The Labute approximate surface area is 248 Å². The topological polar surface area (TPSA) is 63.6 Å². The van der Waals surface area contributed by atoms with E-state index in [1.165, 1.54) is 103 Å². The highest BCUT2D eigenvalue weighted by Gasteiger charge is 2.13. The number of carbonyl (C=O) groups is 2. The second-order valence-corrected chi connectivity index (χ2v) is 11.7. The molecule has 0 amide bonds. The van der Waals surface area contributed by atoms with Gasteiger partial charge in [0.15, 0.2) is 0 Å². The molecule has 0 aliphatic rings. The highest BCUT2D eigenvalue weighted by Crippen LogP contribution is 2.17. The maximum Gasteiger partial charge on any atom is 0.306 e. The predicted octanol–water partition coefficient (Wildman–Crippen LogP) is 11.7. The van der Waals surface area contributed by atoms with Crippen molar-refractivity contribution in [3.05, 3.63) is 24.3 Å². The van der Waals surface area contributed by atoms with Crippen LogP contribution < -0.4 is 0 Å². The second kappa shape index (κ2) is 31.9. The molecule has 0 heterocycles. The lowest BCUT2D eigenvalue weighted by Gasteiger charge is -2.17. The molecule has 0 aliphatic carbocycles. The van der Waals surface area contributed by atoms with Crippen molar-refractivity contribution in [1.82, 2.24) is 0 Å². The zero-order valence-electron chi connectivity index (χ0n) is 26.7. The first-order valence-electron chi connectivity index (χ1n) is 17.3. The zero-order chi connectivity index (χ0) is 29.4. The highest BCUT2D eigenvalue weighted by molar-refractivity contribution is 5.69. The number of carbonyl (C=O) groups excluding carboxylic acids is 1. The lowest BCUT2D eigenvalue weighted by atomic mass is 10.0. The fourth-order valence-corrected chi connectivity index (χ4v) is 5.15. The molecule has 0 fully saturated rings. The van der Waals surface area contributed by atoms with Crippen molar-refractivity contribution in [2.24, 2.45) is 0 Å². The average molecular weight is 563 g/mol. The van der Waals surface area contributed by atoms with E-state index in [4.69, 9.17) is 9.84 Å². The third kappa shape index (κ3) is 31.0. The third-order valence-electron chi connectivity index (χ3n) is 7.66. The van der Waals surface area contributed by atoms with Gasteiger partial charge >= 0.3 is 11.9 Å². The van der Waals surface area contributed by atoms with Crippen molar-refractivity contribution >= 4 is 11.9 Å². The van der Waals surface area contributed by atoms with Gasteiger partial charge in [0.05, 0.1) is 0 Å². The molecule has 234 valence electrons. The number of esters is 1. The molecule has 0 aliphatic heterocycles. The molecule has 0 aromatic rings. The van der Waals surface area contributed by atoms with Gasteiger partial charge in [0.25, 0.3) is 0 Å². The second-order valence-electron chi connectivity index (χ2n) is 11.7. The molecular weight excluding hydrogens is 496 g/mol. The summed E-state index contributed by atoms with van der Waals surface area (Å²) >= 11 is 0. The summed E-state index contributed by atoms with van der Waals surface area (Å²) in [6.07, 6.45) is 39.6. The number of hydrogen-bond acceptors (Lipinski definition) is 3. The van der Waals surface area contributed by atoms with Crippen LogP contribution in [0.15, 0.2) is 24.3 Å². The summed E-state index contributed by atoms with van der Waals surface area (Å²) < 4.78 is 5.84. The van der Waals surface area contributed by atoms with Crippen LogP contribution in [0.4, 0.5) is 0 Å². The van der Waals surface area contributed by atoms with Crippen LogP contribution in [0.2, 0.25) is 0 Å². The number of allylic oxidation sites excluding steroid dienone is 4. The number of ether oxygens (including phenoxy) is 1. The minimum absolute atomic E-state index is 0.00657. The van der Waals surface area contributed by atoms with E-state index in [1.807, 2.05) is 0 Å². The van der Waals surface area contributed by atoms with Gasteiger partial charge in [-0.1, -0.05) is 134 Å². The predicted molar refractivity (Wildman–Crippen MR) is 172 cm³/mol. The summed E-state index contributed by atoms with van der Waals surface area (Å²) in [6.45, 7) is 4.42. The van der Waals surface area contributed by atoms with Gasteiger partial charge in [-0.25, -0.2) is 0 Å². The third-order valence-corrected chi connectivity index (χ3v) is 7.66. The van der Waals surface area contributed by atoms with E-state index in [1.54, 1.807) is 0 Å². The van der Waals surface area contributed by atoms with Crippen LogP contribution in [0.25, 0.3) is 0 Å². The molecule has 0 saturated carbocycles. The van der Waals surface area contributed by atoms with Crippen LogP contribution >= 0.6 is 0 Å². The summed E-state index contributed by atoms with van der Waals surface area (Å²) in [7, 11) is 0. The summed E-state index contributed by atoms with van der Waals surface area (Å²) in [5.41, 5.74) is 0. The van der Waals surface area contributed by atoms with Gasteiger partial charge in [-0.2, -0.15) is 0 Å². The van der Waals surface area contributed by atoms with Crippen molar-refractivity contribution in [2.45, 2.75) is 193 Å². The standard InChI is InChI=1S/C36H66O4/c1-3-5-6-7-8-9-10-11-12-13-17-20-23-26-29-33-36(39)40-34(30-4-2)31-27-24-21-18-15-14-16-19-22-25-28-32-35(37)38/h8-9,11-12,34H,3-7,10,13-33H2,1-2H3,(H,37,38)/b9-8-,12-11-. The molecule has 4 heteroatoms. The zero-order valence-corrected chi connectivity index (χ0v) is 26.7.